The van der Waals surface area contributed by atoms with Gasteiger partial charge in [-0.2, -0.15) is 0 Å². The molecule has 5 nitrogen and oxygen atoms in total. The van der Waals surface area contributed by atoms with Gasteiger partial charge in [0.1, 0.15) is 17.9 Å². The van der Waals surface area contributed by atoms with E-state index < -0.39 is 0 Å². The third-order valence-electron chi connectivity index (χ3n) is 3.60. The number of ether oxygens (including phenoxy) is 1. The van der Waals surface area contributed by atoms with Crippen LogP contribution in [-0.4, -0.2) is 19.9 Å². The van der Waals surface area contributed by atoms with Crippen LogP contribution in [0.25, 0.3) is 22.6 Å². The zero-order valence-electron chi connectivity index (χ0n) is 12.6. The van der Waals surface area contributed by atoms with E-state index in [1.54, 1.807) is 6.33 Å². The van der Waals surface area contributed by atoms with Gasteiger partial charge in [-0.25, -0.2) is 15.0 Å². The number of hydrogen-bond acceptors (Lipinski definition) is 4. The lowest BCUT2D eigenvalue weighted by Crippen LogP contribution is -1.95. The molecule has 0 aliphatic carbocycles. The van der Waals surface area contributed by atoms with Gasteiger partial charge in [0.15, 0.2) is 16.6 Å². The van der Waals surface area contributed by atoms with Crippen LogP contribution in [0.3, 0.4) is 0 Å². The monoisotopic (exact) mass is 336 g/mol. The molecule has 0 aliphatic heterocycles. The highest BCUT2D eigenvalue weighted by Gasteiger charge is 2.10. The summed E-state index contributed by atoms with van der Waals surface area (Å²) in [5.41, 5.74) is 3.18. The number of hydrogen-bond donors (Lipinski definition) is 1. The third kappa shape index (κ3) is 2.94. The Kier molecular flexibility index (Phi) is 3.84. The van der Waals surface area contributed by atoms with Crippen molar-refractivity contribution in [2.45, 2.75) is 6.61 Å². The van der Waals surface area contributed by atoms with Crippen LogP contribution in [0, 0.1) is 0 Å². The Morgan fingerprint density at radius 3 is 2.54 bits per heavy atom. The van der Waals surface area contributed by atoms with Crippen LogP contribution in [0.4, 0.5) is 0 Å². The highest BCUT2D eigenvalue weighted by Crippen LogP contribution is 2.24. The molecule has 2 heterocycles. The van der Waals surface area contributed by atoms with Crippen molar-refractivity contribution in [2.24, 2.45) is 0 Å². The van der Waals surface area contributed by atoms with E-state index >= 15 is 0 Å². The van der Waals surface area contributed by atoms with Gasteiger partial charge in [-0.3, -0.25) is 0 Å². The van der Waals surface area contributed by atoms with Gasteiger partial charge in [0.2, 0.25) is 0 Å². The Morgan fingerprint density at radius 2 is 1.75 bits per heavy atom. The molecular formula is C18H13ClN4O. The first-order chi connectivity index (χ1) is 11.8. The van der Waals surface area contributed by atoms with Gasteiger partial charge in [0, 0.05) is 5.56 Å². The summed E-state index contributed by atoms with van der Waals surface area (Å²) in [6.07, 6.45) is 1.55. The number of nitrogens with one attached hydrogen (secondary N) is 1. The van der Waals surface area contributed by atoms with Crippen molar-refractivity contribution in [1.29, 1.82) is 0 Å². The lowest BCUT2D eigenvalue weighted by molar-refractivity contribution is 0.306. The summed E-state index contributed by atoms with van der Waals surface area (Å²) in [7, 11) is 0. The van der Waals surface area contributed by atoms with E-state index in [0.717, 1.165) is 16.9 Å². The summed E-state index contributed by atoms with van der Waals surface area (Å²) < 4.78 is 5.78. The summed E-state index contributed by atoms with van der Waals surface area (Å²) >= 11 is 6.14. The van der Waals surface area contributed by atoms with Crippen molar-refractivity contribution in [1.82, 2.24) is 19.9 Å². The van der Waals surface area contributed by atoms with Crippen molar-refractivity contribution in [3.63, 3.8) is 0 Å². The Hall–Kier alpha value is -2.92. The van der Waals surface area contributed by atoms with Crippen molar-refractivity contribution in [2.75, 3.05) is 0 Å². The maximum Gasteiger partial charge on any atom is 0.163 e. The van der Waals surface area contributed by atoms with Crippen LogP contribution in [0.1, 0.15) is 5.56 Å². The number of halogens is 1. The molecule has 0 radical (unpaired) electrons. The molecule has 6 heteroatoms. The number of rotatable bonds is 4. The minimum Gasteiger partial charge on any atom is -0.489 e. The fraction of sp³-hybridized carbons (Fsp3) is 0.0556. The van der Waals surface area contributed by atoms with E-state index in [4.69, 9.17) is 16.3 Å². The molecule has 0 unspecified atom stereocenters. The normalized spacial score (nSPS) is 10.9. The van der Waals surface area contributed by atoms with E-state index in [9.17, 15) is 0 Å². The molecule has 1 N–H and O–H groups in total. The molecule has 2 aromatic heterocycles. The zero-order valence-corrected chi connectivity index (χ0v) is 13.4. The maximum atomic E-state index is 6.14. The highest BCUT2D eigenvalue weighted by atomic mass is 35.5. The first kappa shape index (κ1) is 14.7. The van der Waals surface area contributed by atoms with E-state index in [-0.39, 0.29) is 0 Å². The standard InChI is InChI=1S/C18H13ClN4O/c19-16-15-18(21-11-20-15)23-17(22-16)13-6-8-14(9-7-13)24-10-12-4-2-1-3-5-12/h1-9,11H,10H2,(H,20,21,22,23). The van der Waals surface area contributed by atoms with Gasteiger partial charge in [0.05, 0.1) is 6.33 Å². The lowest BCUT2D eigenvalue weighted by atomic mass is 10.2. The average Bonchev–Trinajstić information content (AvgIpc) is 3.10. The summed E-state index contributed by atoms with van der Waals surface area (Å²) in [5.74, 6) is 1.34. The number of benzene rings is 2. The minimum absolute atomic E-state index is 0.334. The molecule has 0 amide bonds. The number of H-pyrrole nitrogens is 1. The molecule has 0 atom stereocenters. The SMILES string of the molecule is Clc1nc(-c2ccc(OCc3ccccc3)cc2)nc2[nH]cnc12. The Bertz CT molecular complexity index is 967. The smallest absolute Gasteiger partial charge is 0.163 e. The molecule has 0 spiro atoms. The summed E-state index contributed by atoms with van der Waals surface area (Å²) in [5, 5.41) is 0.334. The van der Waals surface area contributed by atoms with Crippen LogP contribution >= 0.6 is 11.6 Å². The fourth-order valence-corrected chi connectivity index (χ4v) is 2.59. The predicted molar refractivity (Wildman–Crippen MR) is 92.9 cm³/mol. The molecule has 0 fully saturated rings. The molecule has 4 rings (SSSR count). The first-order valence-electron chi connectivity index (χ1n) is 7.43. The van der Waals surface area contributed by atoms with Crippen molar-refractivity contribution in [3.05, 3.63) is 71.6 Å². The molecule has 0 saturated heterocycles. The van der Waals surface area contributed by atoms with Gasteiger partial charge >= 0.3 is 0 Å². The minimum atomic E-state index is 0.334. The quantitative estimate of drug-likeness (QED) is 0.566. The zero-order chi connectivity index (χ0) is 16.4. The van der Waals surface area contributed by atoms with Crippen molar-refractivity contribution < 1.29 is 4.74 Å². The van der Waals surface area contributed by atoms with E-state index in [2.05, 4.69) is 19.9 Å². The van der Waals surface area contributed by atoms with Gasteiger partial charge in [-0.1, -0.05) is 41.9 Å². The van der Waals surface area contributed by atoms with Crippen molar-refractivity contribution >= 4 is 22.8 Å². The molecular weight excluding hydrogens is 324 g/mol. The Labute approximate surface area is 143 Å². The van der Waals surface area contributed by atoms with E-state index in [1.165, 1.54) is 0 Å². The molecule has 4 aromatic rings. The number of imidazole rings is 1. The van der Waals surface area contributed by atoms with Crippen LogP contribution in [0.15, 0.2) is 60.9 Å². The van der Waals surface area contributed by atoms with Gasteiger partial charge in [-0.05, 0) is 29.8 Å². The summed E-state index contributed by atoms with van der Waals surface area (Å²) in [6.45, 7) is 0.530. The van der Waals surface area contributed by atoms with Crippen LogP contribution in [-0.2, 0) is 6.61 Å². The second-order valence-corrected chi connectivity index (χ2v) is 5.59. The number of nitrogens with zero attached hydrogens (tertiary/aromatic N) is 3. The lowest BCUT2D eigenvalue weighted by Gasteiger charge is -2.07. The fourth-order valence-electron chi connectivity index (χ4n) is 2.37. The van der Waals surface area contributed by atoms with Gasteiger partial charge in [0.25, 0.3) is 0 Å². The second kappa shape index (κ2) is 6.29. The van der Waals surface area contributed by atoms with E-state index in [0.29, 0.717) is 28.7 Å². The van der Waals surface area contributed by atoms with Gasteiger partial charge in [-0.15, -0.1) is 0 Å². The van der Waals surface area contributed by atoms with Gasteiger partial charge < -0.3 is 9.72 Å². The molecule has 0 aliphatic rings. The Balaban J connectivity index is 1.54. The Morgan fingerprint density at radius 1 is 0.958 bits per heavy atom. The van der Waals surface area contributed by atoms with E-state index in [1.807, 2.05) is 54.6 Å². The van der Waals surface area contributed by atoms with Crippen LogP contribution < -0.4 is 4.74 Å². The van der Waals surface area contributed by atoms with Crippen LogP contribution in [0.5, 0.6) is 5.75 Å². The largest absolute Gasteiger partial charge is 0.489 e. The number of aromatic amines is 1. The molecule has 24 heavy (non-hydrogen) atoms. The number of fused-ring (bicyclic) bond motifs is 1. The highest BCUT2D eigenvalue weighted by molar-refractivity contribution is 6.33. The molecule has 0 saturated carbocycles. The molecule has 2 aromatic carbocycles. The topological polar surface area (TPSA) is 63.7 Å². The predicted octanol–water partition coefficient (Wildman–Crippen LogP) is 4.25. The van der Waals surface area contributed by atoms with Crippen LogP contribution in [0.2, 0.25) is 5.15 Å². The number of aromatic nitrogens is 4. The molecule has 0 bridgehead atoms. The molecule has 118 valence electrons. The van der Waals surface area contributed by atoms with Crippen molar-refractivity contribution in [3.8, 4) is 17.1 Å². The maximum absolute atomic E-state index is 6.14. The second-order valence-electron chi connectivity index (χ2n) is 5.24. The summed E-state index contributed by atoms with van der Waals surface area (Å²) in [6, 6.07) is 17.7. The third-order valence-corrected chi connectivity index (χ3v) is 3.86. The first-order valence-corrected chi connectivity index (χ1v) is 7.81. The average molecular weight is 337 g/mol. The summed E-state index contributed by atoms with van der Waals surface area (Å²) in [4.78, 5) is 15.8.